The molecular formula is C7H12INO2. The van der Waals surface area contributed by atoms with Crippen LogP contribution in [0.1, 0.15) is 12.8 Å². The molecule has 1 atom stereocenters. The summed E-state index contributed by atoms with van der Waals surface area (Å²) in [5, 5.41) is 8.68. The molecule has 4 heteroatoms. The lowest BCUT2D eigenvalue weighted by molar-refractivity contribution is 0.124. The lowest BCUT2D eigenvalue weighted by Crippen LogP contribution is -2.39. The second kappa shape index (κ2) is 4.13. The fraction of sp³-hybridized carbons (Fsp3) is 0.857. The number of amides is 1. The molecule has 1 aliphatic heterocycles. The molecule has 1 saturated heterocycles. The Labute approximate surface area is 79.9 Å². The summed E-state index contributed by atoms with van der Waals surface area (Å²) in [6, 6.07) is 0. The molecule has 1 N–H and O–H groups in total. The molecule has 64 valence electrons. The minimum absolute atomic E-state index is 0.584. The van der Waals surface area contributed by atoms with Gasteiger partial charge >= 0.3 is 6.09 Å². The van der Waals surface area contributed by atoms with Gasteiger partial charge in [0.05, 0.1) is 0 Å². The molecule has 0 saturated carbocycles. The van der Waals surface area contributed by atoms with Crippen LogP contribution in [0.15, 0.2) is 0 Å². The Morgan fingerprint density at radius 3 is 3.00 bits per heavy atom. The fourth-order valence-electron chi connectivity index (χ4n) is 1.36. The van der Waals surface area contributed by atoms with Crippen LogP contribution < -0.4 is 0 Å². The minimum Gasteiger partial charge on any atom is -0.465 e. The number of carboxylic acid groups (broad SMARTS) is 1. The first kappa shape index (κ1) is 9.09. The first-order valence-corrected chi connectivity index (χ1v) is 5.30. The first-order valence-electron chi connectivity index (χ1n) is 3.78. The van der Waals surface area contributed by atoms with Gasteiger partial charge in [-0.15, -0.1) is 0 Å². The number of piperidine rings is 1. The quantitative estimate of drug-likeness (QED) is 0.582. The van der Waals surface area contributed by atoms with E-state index in [0.717, 1.165) is 23.9 Å². The van der Waals surface area contributed by atoms with E-state index in [1.165, 1.54) is 11.3 Å². The first-order chi connectivity index (χ1) is 5.24. The van der Waals surface area contributed by atoms with Gasteiger partial charge in [0.25, 0.3) is 0 Å². The summed E-state index contributed by atoms with van der Waals surface area (Å²) in [5.74, 6) is 0.584. The maximum Gasteiger partial charge on any atom is 0.407 e. The van der Waals surface area contributed by atoms with E-state index in [4.69, 9.17) is 5.11 Å². The zero-order valence-corrected chi connectivity index (χ0v) is 8.45. The Morgan fingerprint density at radius 2 is 2.45 bits per heavy atom. The monoisotopic (exact) mass is 269 g/mol. The topological polar surface area (TPSA) is 40.5 Å². The molecule has 0 spiro atoms. The Morgan fingerprint density at radius 1 is 1.73 bits per heavy atom. The van der Waals surface area contributed by atoms with Crippen molar-refractivity contribution in [1.82, 2.24) is 4.90 Å². The summed E-state index contributed by atoms with van der Waals surface area (Å²) >= 11 is 2.32. The number of rotatable bonds is 1. The zero-order valence-electron chi connectivity index (χ0n) is 6.29. The number of hydrogen-bond donors (Lipinski definition) is 1. The minimum atomic E-state index is -0.764. The Hall–Kier alpha value is 0. The molecule has 1 aliphatic rings. The van der Waals surface area contributed by atoms with Crippen molar-refractivity contribution in [1.29, 1.82) is 0 Å². The number of halogens is 1. The molecule has 0 radical (unpaired) electrons. The van der Waals surface area contributed by atoms with Gasteiger partial charge in [-0.25, -0.2) is 4.79 Å². The van der Waals surface area contributed by atoms with Crippen LogP contribution in [0.4, 0.5) is 4.79 Å². The normalized spacial score (nSPS) is 25.2. The molecule has 0 aromatic rings. The Bertz CT molecular complexity index is 151. The molecule has 11 heavy (non-hydrogen) atoms. The van der Waals surface area contributed by atoms with E-state index in [0.29, 0.717) is 5.92 Å². The second-order valence-corrected chi connectivity index (χ2v) is 3.77. The number of alkyl halides is 1. The molecule has 0 aromatic carbocycles. The van der Waals surface area contributed by atoms with E-state index in [1.54, 1.807) is 0 Å². The Balaban J connectivity index is 2.39. The molecule has 1 fully saturated rings. The predicted molar refractivity (Wildman–Crippen MR) is 51.2 cm³/mol. The van der Waals surface area contributed by atoms with Gasteiger partial charge < -0.3 is 10.0 Å². The number of likely N-dealkylation sites (tertiary alicyclic amines) is 1. The van der Waals surface area contributed by atoms with Crippen LogP contribution in [0, 0.1) is 5.92 Å². The lowest BCUT2D eigenvalue weighted by atomic mass is 10.0. The third kappa shape index (κ3) is 2.50. The van der Waals surface area contributed by atoms with Gasteiger partial charge in [0.15, 0.2) is 0 Å². The summed E-state index contributed by atoms with van der Waals surface area (Å²) in [6.07, 6.45) is 1.45. The van der Waals surface area contributed by atoms with Crippen molar-refractivity contribution in [3.8, 4) is 0 Å². The summed E-state index contributed by atoms with van der Waals surface area (Å²) in [6.45, 7) is 1.46. The smallest absolute Gasteiger partial charge is 0.407 e. The summed E-state index contributed by atoms with van der Waals surface area (Å²) in [4.78, 5) is 12.1. The molecule has 1 unspecified atom stereocenters. The third-order valence-electron chi connectivity index (χ3n) is 2.01. The van der Waals surface area contributed by atoms with Crippen LogP contribution in [-0.4, -0.2) is 33.6 Å². The zero-order chi connectivity index (χ0) is 8.27. The van der Waals surface area contributed by atoms with E-state index in [-0.39, 0.29) is 0 Å². The highest BCUT2D eigenvalue weighted by molar-refractivity contribution is 14.1. The van der Waals surface area contributed by atoms with Gasteiger partial charge in [0.2, 0.25) is 0 Å². The van der Waals surface area contributed by atoms with Crippen molar-refractivity contribution in [2.45, 2.75) is 12.8 Å². The summed E-state index contributed by atoms with van der Waals surface area (Å²) < 4.78 is 1.07. The molecule has 1 amide bonds. The number of nitrogens with zero attached hydrogens (tertiary/aromatic N) is 1. The Kier molecular flexibility index (Phi) is 3.42. The number of hydrogen-bond acceptors (Lipinski definition) is 1. The predicted octanol–water partition coefficient (Wildman–Crippen LogP) is 1.81. The number of carbonyl (C=O) groups is 1. The molecular weight excluding hydrogens is 257 g/mol. The highest BCUT2D eigenvalue weighted by Crippen LogP contribution is 2.18. The summed E-state index contributed by atoms with van der Waals surface area (Å²) in [5.41, 5.74) is 0. The van der Waals surface area contributed by atoms with Gasteiger partial charge in [-0.1, -0.05) is 22.6 Å². The van der Waals surface area contributed by atoms with Crippen molar-refractivity contribution in [3.63, 3.8) is 0 Å². The van der Waals surface area contributed by atoms with Gasteiger partial charge in [-0.2, -0.15) is 0 Å². The van der Waals surface area contributed by atoms with Crippen LogP contribution in [0.25, 0.3) is 0 Å². The van der Waals surface area contributed by atoms with E-state index in [2.05, 4.69) is 22.6 Å². The summed E-state index contributed by atoms with van der Waals surface area (Å²) in [7, 11) is 0. The van der Waals surface area contributed by atoms with Crippen molar-refractivity contribution in [2.24, 2.45) is 5.92 Å². The van der Waals surface area contributed by atoms with Crippen molar-refractivity contribution in [3.05, 3.63) is 0 Å². The van der Waals surface area contributed by atoms with Crippen molar-refractivity contribution in [2.75, 3.05) is 17.5 Å². The van der Waals surface area contributed by atoms with Crippen LogP contribution in [0.3, 0.4) is 0 Å². The van der Waals surface area contributed by atoms with Gasteiger partial charge in [0.1, 0.15) is 0 Å². The third-order valence-corrected chi connectivity index (χ3v) is 3.25. The van der Waals surface area contributed by atoms with Gasteiger partial charge in [0, 0.05) is 17.5 Å². The van der Waals surface area contributed by atoms with Crippen LogP contribution >= 0.6 is 22.6 Å². The SMILES string of the molecule is O=C(O)N1CCCC(CI)C1. The van der Waals surface area contributed by atoms with Gasteiger partial charge in [-0.3, -0.25) is 0 Å². The van der Waals surface area contributed by atoms with Crippen LogP contribution in [0.2, 0.25) is 0 Å². The average Bonchev–Trinajstić information content (AvgIpc) is 2.05. The highest BCUT2D eigenvalue weighted by Gasteiger charge is 2.21. The molecule has 3 nitrogen and oxygen atoms in total. The van der Waals surface area contributed by atoms with Gasteiger partial charge in [-0.05, 0) is 18.8 Å². The standard InChI is InChI=1S/C7H12INO2/c8-4-6-2-1-3-9(5-6)7(10)11/h6H,1-5H2,(H,10,11). The second-order valence-electron chi connectivity index (χ2n) is 2.89. The van der Waals surface area contributed by atoms with E-state index >= 15 is 0 Å². The molecule has 1 rings (SSSR count). The molecule has 0 bridgehead atoms. The highest BCUT2D eigenvalue weighted by atomic mass is 127. The van der Waals surface area contributed by atoms with E-state index in [1.807, 2.05) is 0 Å². The maximum absolute atomic E-state index is 10.5. The van der Waals surface area contributed by atoms with Crippen molar-refractivity contribution >= 4 is 28.7 Å². The molecule has 1 heterocycles. The fourth-order valence-corrected chi connectivity index (χ4v) is 2.08. The lowest BCUT2D eigenvalue weighted by Gasteiger charge is -2.29. The maximum atomic E-state index is 10.5. The van der Waals surface area contributed by atoms with Crippen molar-refractivity contribution < 1.29 is 9.90 Å². The largest absolute Gasteiger partial charge is 0.465 e. The average molecular weight is 269 g/mol. The van der Waals surface area contributed by atoms with E-state index in [9.17, 15) is 4.79 Å². The van der Waals surface area contributed by atoms with Crippen LogP contribution in [-0.2, 0) is 0 Å². The molecule has 0 aliphatic carbocycles. The van der Waals surface area contributed by atoms with E-state index < -0.39 is 6.09 Å². The molecule has 0 aromatic heterocycles. The van der Waals surface area contributed by atoms with Crippen LogP contribution in [0.5, 0.6) is 0 Å².